The van der Waals surface area contributed by atoms with Crippen molar-refractivity contribution in [1.82, 2.24) is 5.32 Å². The van der Waals surface area contributed by atoms with Crippen LogP contribution in [0.25, 0.3) is 0 Å². The molecule has 0 fully saturated rings. The van der Waals surface area contributed by atoms with Gasteiger partial charge in [0.25, 0.3) is 0 Å². The molecule has 0 saturated heterocycles. The third kappa shape index (κ3) is 5.56. The van der Waals surface area contributed by atoms with E-state index in [0.29, 0.717) is 10.9 Å². The zero-order valence-electron chi connectivity index (χ0n) is 15.5. The first-order valence-electron chi connectivity index (χ1n) is 8.51. The minimum absolute atomic E-state index is 0.0253. The van der Waals surface area contributed by atoms with Crippen LogP contribution in [0, 0.1) is 6.92 Å². The Morgan fingerprint density at radius 1 is 1.17 bits per heavy atom. The van der Waals surface area contributed by atoms with Crippen LogP contribution in [-0.4, -0.2) is 31.2 Å². The highest BCUT2D eigenvalue weighted by atomic mass is 32.2. The van der Waals surface area contributed by atoms with Gasteiger partial charge in [-0.05, 0) is 36.8 Å². The first kappa shape index (κ1) is 20.8. The van der Waals surface area contributed by atoms with Crippen LogP contribution in [0.5, 0.6) is 0 Å². The standard InChI is InChI=1S/C18H20N6O3S2/c1-11-4-2-3-5-14(11)16-22-17(19)24-18(23-16)28-10-15(25)21-12-6-8-13(9-7-12)29(20,26)27/h2-9,16H,10H2,1H3,(H,21,25)(H2,20,26,27)(H3,19,22,23,24)/t16-/m0/s1. The van der Waals surface area contributed by atoms with Crippen molar-refractivity contribution in [3.8, 4) is 0 Å². The lowest BCUT2D eigenvalue weighted by atomic mass is 10.1. The fourth-order valence-electron chi connectivity index (χ4n) is 2.59. The predicted octanol–water partition coefficient (Wildman–Crippen LogP) is 1.29. The number of sulfonamides is 1. The molecule has 0 aliphatic carbocycles. The van der Waals surface area contributed by atoms with Crippen LogP contribution in [-0.2, 0) is 14.8 Å². The molecule has 0 aromatic heterocycles. The van der Waals surface area contributed by atoms with Crippen molar-refractivity contribution in [3.63, 3.8) is 0 Å². The van der Waals surface area contributed by atoms with Crippen molar-refractivity contribution in [1.29, 1.82) is 0 Å². The zero-order valence-corrected chi connectivity index (χ0v) is 17.1. The lowest BCUT2D eigenvalue weighted by Crippen LogP contribution is -2.39. The molecule has 2 aromatic rings. The number of amidine groups is 1. The second-order valence-electron chi connectivity index (χ2n) is 6.21. The van der Waals surface area contributed by atoms with E-state index >= 15 is 0 Å². The summed E-state index contributed by atoms with van der Waals surface area (Å²) in [6.45, 7) is 1.97. The fourth-order valence-corrected chi connectivity index (χ4v) is 3.80. The number of guanidine groups is 1. The molecule has 1 aliphatic heterocycles. The number of rotatable bonds is 5. The Labute approximate surface area is 172 Å². The summed E-state index contributed by atoms with van der Waals surface area (Å²) in [5.41, 5.74) is 8.31. The summed E-state index contributed by atoms with van der Waals surface area (Å²) < 4.78 is 22.5. The SMILES string of the molecule is Cc1ccccc1[C@H]1N=C(N)NC(SCC(=O)Nc2ccc(S(N)(=O)=O)cc2)=N1. The molecule has 1 aliphatic rings. The maximum absolute atomic E-state index is 12.2. The first-order valence-corrected chi connectivity index (χ1v) is 11.0. The maximum Gasteiger partial charge on any atom is 0.238 e. The molecule has 11 heteroatoms. The van der Waals surface area contributed by atoms with Gasteiger partial charge in [-0.25, -0.2) is 23.5 Å². The minimum Gasteiger partial charge on any atom is -0.370 e. The molecule has 1 amide bonds. The van der Waals surface area contributed by atoms with E-state index < -0.39 is 16.2 Å². The average molecular weight is 433 g/mol. The van der Waals surface area contributed by atoms with Gasteiger partial charge in [0.1, 0.15) is 0 Å². The molecule has 152 valence electrons. The summed E-state index contributed by atoms with van der Waals surface area (Å²) in [6.07, 6.45) is -0.464. The van der Waals surface area contributed by atoms with Gasteiger partial charge in [0.05, 0.1) is 10.6 Å². The molecule has 0 saturated carbocycles. The number of nitrogens with two attached hydrogens (primary N) is 2. The highest BCUT2D eigenvalue weighted by molar-refractivity contribution is 8.14. The molecule has 6 N–H and O–H groups in total. The lowest BCUT2D eigenvalue weighted by molar-refractivity contribution is -0.113. The quantitative estimate of drug-likeness (QED) is 0.558. The highest BCUT2D eigenvalue weighted by Crippen LogP contribution is 2.25. The number of nitrogens with one attached hydrogen (secondary N) is 2. The van der Waals surface area contributed by atoms with Gasteiger partial charge < -0.3 is 16.4 Å². The van der Waals surface area contributed by atoms with Crippen LogP contribution < -0.4 is 21.5 Å². The molecule has 1 heterocycles. The Morgan fingerprint density at radius 3 is 2.52 bits per heavy atom. The maximum atomic E-state index is 12.2. The van der Waals surface area contributed by atoms with E-state index in [0.717, 1.165) is 11.1 Å². The van der Waals surface area contributed by atoms with Gasteiger partial charge in [-0.2, -0.15) is 0 Å². The molecule has 2 aromatic carbocycles. The van der Waals surface area contributed by atoms with Crippen LogP contribution in [0.4, 0.5) is 5.69 Å². The average Bonchev–Trinajstić information content (AvgIpc) is 2.66. The number of primary sulfonamides is 1. The number of nitrogens with zero attached hydrogens (tertiary/aromatic N) is 2. The van der Waals surface area contributed by atoms with Gasteiger partial charge in [0.2, 0.25) is 15.9 Å². The van der Waals surface area contributed by atoms with E-state index in [4.69, 9.17) is 10.9 Å². The smallest absolute Gasteiger partial charge is 0.238 e. The zero-order chi connectivity index (χ0) is 21.0. The number of hydrogen-bond acceptors (Lipinski definition) is 8. The molecule has 1 atom stereocenters. The van der Waals surface area contributed by atoms with Crippen LogP contribution in [0.1, 0.15) is 17.3 Å². The van der Waals surface area contributed by atoms with Crippen molar-refractivity contribution < 1.29 is 13.2 Å². The number of carbonyl (C=O) groups excluding carboxylic acids is 1. The van der Waals surface area contributed by atoms with Crippen LogP contribution in [0.15, 0.2) is 63.4 Å². The summed E-state index contributed by atoms with van der Waals surface area (Å²) >= 11 is 1.19. The summed E-state index contributed by atoms with van der Waals surface area (Å²) in [5, 5.41) is 11.1. The fraction of sp³-hybridized carbons (Fsp3) is 0.167. The normalized spacial score (nSPS) is 16.4. The molecule has 0 spiro atoms. The van der Waals surface area contributed by atoms with Gasteiger partial charge in [0.15, 0.2) is 17.3 Å². The molecule has 3 rings (SSSR count). The third-order valence-electron chi connectivity index (χ3n) is 4.01. The van der Waals surface area contributed by atoms with Crippen molar-refractivity contribution >= 4 is 44.5 Å². The van der Waals surface area contributed by atoms with Gasteiger partial charge in [-0.15, -0.1) is 0 Å². The molecular weight excluding hydrogens is 412 g/mol. The topological polar surface area (TPSA) is 152 Å². The minimum atomic E-state index is -3.77. The van der Waals surface area contributed by atoms with E-state index in [1.165, 1.54) is 36.0 Å². The number of hydrogen-bond donors (Lipinski definition) is 4. The Bertz CT molecular complexity index is 1080. The number of amides is 1. The van der Waals surface area contributed by atoms with E-state index in [1.54, 1.807) is 0 Å². The number of aryl methyl sites for hydroxylation is 1. The number of anilines is 1. The number of aliphatic imine (C=N–C) groups is 2. The summed E-state index contributed by atoms with van der Waals surface area (Å²) in [4.78, 5) is 21.0. The van der Waals surface area contributed by atoms with Crippen molar-refractivity contribution in [2.24, 2.45) is 20.9 Å². The molecule has 0 radical (unpaired) electrons. The molecule has 29 heavy (non-hydrogen) atoms. The van der Waals surface area contributed by atoms with Crippen molar-refractivity contribution in [2.75, 3.05) is 11.1 Å². The Hall–Kier alpha value is -2.89. The van der Waals surface area contributed by atoms with E-state index in [2.05, 4.69) is 20.6 Å². The van der Waals surface area contributed by atoms with Gasteiger partial charge >= 0.3 is 0 Å². The monoisotopic (exact) mass is 432 g/mol. The van der Waals surface area contributed by atoms with Crippen LogP contribution in [0.2, 0.25) is 0 Å². The number of carbonyl (C=O) groups is 1. The van der Waals surface area contributed by atoms with Crippen LogP contribution >= 0.6 is 11.8 Å². The Morgan fingerprint density at radius 2 is 1.86 bits per heavy atom. The Balaban J connectivity index is 1.61. The lowest BCUT2D eigenvalue weighted by Gasteiger charge is -2.20. The first-order chi connectivity index (χ1) is 13.7. The number of benzene rings is 2. The second-order valence-corrected chi connectivity index (χ2v) is 8.74. The summed E-state index contributed by atoms with van der Waals surface area (Å²) in [5.74, 6) is 0.0300. The van der Waals surface area contributed by atoms with Crippen molar-refractivity contribution in [3.05, 3.63) is 59.7 Å². The molecule has 0 unspecified atom stereocenters. The Kier molecular flexibility index (Phi) is 6.20. The highest BCUT2D eigenvalue weighted by Gasteiger charge is 2.19. The summed E-state index contributed by atoms with van der Waals surface area (Å²) in [6, 6.07) is 13.4. The molecule has 9 nitrogen and oxygen atoms in total. The molecule has 0 bridgehead atoms. The van der Waals surface area contributed by atoms with Gasteiger partial charge in [0, 0.05) is 11.3 Å². The third-order valence-corrected chi connectivity index (χ3v) is 5.83. The van der Waals surface area contributed by atoms with Gasteiger partial charge in [-0.1, -0.05) is 36.0 Å². The second kappa shape index (κ2) is 8.64. The predicted molar refractivity (Wildman–Crippen MR) is 115 cm³/mol. The van der Waals surface area contributed by atoms with Gasteiger partial charge in [-0.3, -0.25) is 4.79 Å². The molecular formula is C18H20N6O3S2. The van der Waals surface area contributed by atoms with E-state index in [9.17, 15) is 13.2 Å². The largest absolute Gasteiger partial charge is 0.370 e. The van der Waals surface area contributed by atoms with Crippen molar-refractivity contribution in [2.45, 2.75) is 18.0 Å². The van der Waals surface area contributed by atoms with Crippen LogP contribution in [0.3, 0.4) is 0 Å². The summed E-state index contributed by atoms with van der Waals surface area (Å²) in [7, 11) is -3.77. The van der Waals surface area contributed by atoms with E-state index in [-0.39, 0.29) is 22.5 Å². The van der Waals surface area contributed by atoms with E-state index in [1.807, 2.05) is 31.2 Å². The number of thioether (sulfide) groups is 1.